The van der Waals surface area contributed by atoms with Crippen molar-refractivity contribution in [3.63, 3.8) is 0 Å². The minimum atomic E-state index is -1.76. The van der Waals surface area contributed by atoms with E-state index in [1.165, 1.54) is 4.90 Å². The van der Waals surface area contributed by atoms with E-state index in [1.807, 2.05) is 0 Å². The molecular weight excluding hydrogens is 122 g/mol. The molecule has 0 aromatic rings. The number of aliphatic hydroxyl groups is 3. The number of aliphatic hydroxyl groups excluding tert-OH is 1. The average molecular weight is 133 g/mol. The van der Waals surface area contributed by atoms with Crippen LogP contribution < -0.4 is 0 Å². The third kappa shape index (κ3) is 1.21. The number of hydrogen-bond donors (Lipinski definition) is 3. The predicted molar refractivity (Wildman–Crippen MR) is 30.2 cm³/mol. The zero-order valence-corrected chi connectivity index (χ0v) is 5.12. The van der Waals surface area contributed by atoms with E-state index in [2.05, 4.69) is 0 Å². The van der Waals surface area contributed by atoms with Gasteiger partial charge >= 0.3 is 0 Å². The molecule has 0 aromatic carbocycles. The van der Waals surface area contributed by atoms with Crippen LogP contribution in [0.15, 0.2) is 0 Å². The highest BCUT2D eigenvalue weighted by Gasteiger charge is 2.35. The van der Waals surface area contributed by atoms with Gasteiger partial charge in [-0.15, -0.1) is 0 Å². The Bertz CT molecular complexity index is 104. The number of rotatable bonds is 1. The molecule has 0 radical (unpaired) electrons. The van der Waals surface area contributed by atoms with Crippen molar-refractivity contribution < 1.29 is 15.3 Å². The normalized spacial score (nSPS) is 27.0. The average Bonchev–Trinajstić information content (AvgIpc) is 2.08. The lowest BCUT2D eigenvalue weighted by molar-refractivity contribution is -0.258. The molecule has 0 atom stereocenters. The molecule has 1 aliphatic heterocycles. The van der Waals surface area contributed by atoms with Crippen molar-refractivity contribution in [1.29, 1.82) is 0 Å². The van der Waals surface area contributed by atoms with Crippen LogP contribution >= 0.6 is 0 Å². The van der Waals surface area contributed by atoms with E-state index in [1.54, 1.807) is 0 Å². The second kappa shape index (κ2) is 2.22. The van der Waals surface area contributed by atoms with Gasteiger partial charge in [-0.25, -0.2) is 4.90 Å². The van der Waals surface area contributed by atoms with E-state index in [-0.39, 0.29) is 6.73 Å². The Morgan fingerprint density at radius 2 is 2.11 bits per heavy atom. The minimum absolute atomic E-state index is 0.285. The first kappa shape index (κ1) is 6.95. The molecule has 1 fully saturated rings. The predicted octanol–water partition coefficient (Wildman–Crippen LogP) is -1.33. The van der Waals surface area contributed by atoms with Crippen LogP contribution in [0.25, 0.3) is 0 Å². The highest BCUT2D eigenvalue weighted by atomic mass is 16.5. The van der Waals surface area contributed by atoms with Crippen LogP contribution in [-0.4, -0.2) is 39.4 Å². The van der Waals surface area contributed by atoms with Crippen LogP contribution in [0.5, 0.6) is 0 Å². The van der Waals surface area contributed by atoms with Crippen LogP contribution in [0.3, 0.4) is 0 Å². The number of nitrogens with zero attached hydrogens (tertiary/aromatic N) is 1. The van der Waals surface area contributed by atoms with Crippen molar-refractivity contribution in [1.82, 2.24) is 4.90 Å². The first-order valence-corrected chi connectivity index (χ1v) is 2.97. The molecule has 3 N–H and O–H groups in total. The molecule has 1 rings (SSSR count). The molecule has 1 heterocycles. The third-order valence-electron chi connectivity index (χ3n) is 1.62. The summed E-state index contributed by atoms with van der Waals surface area (Å²) in [6.07, 6.45) is 1.06. The van der Waals surface area contributed by atoms with E-state index in [0.717, 1.165) is 6.42 Å². The maximum Gasteiger partial charge on any atom is 0.226 e. The van der Waals surface area contributed by atoms with Crippen molar-refractivity contribution in [2.45, 2.75) is 18.8 Å². The van der Waals surface area contributed by atoms with Crippen LogP contribution in [0, 0.1) is 0 Å². The quantitative estimate of drug-likeness (QED) is 0.388. The molecular formula is C5H11NO3. The maximum atomic E-state index is 8.98. The Kier molecular flexibility index (Phi) is 1.72. The van der Waals surface area contributed by atoms with Gasteiger partial charge in [-0.1, -0.05) is 0 Å². The summed E-state index contributed by atoms with van der Waals surface area (Å²) in [5.41, 5.74) is 0. The molecule has 0 aliphatic carbocycles. The molecule has 0 aromatic heterocycles. The molecule has 4 heteroatoms. The summed E-state index contributed by atoms with van der Waals surface area (Å²) in [6, 6.07) is 0. The highest BCUT2D eigenvalue weighted by Crippen LogP contribution is 2.22. The molecule has 1 aliphatic rings. The smallest absolute Gasteiger partial charge is 0.226 e. The van der Waals surface area contributed by atoms with Crippen LogP contribution in [0.4, 0.5) is 0 Å². The fraction of sp³-hybridized carbons (Fsp3) is 1.00. The number of likely N-dealkylation sites (tertiary alicyclic amines) is 1. The van der Waals surface area contributed by atoms with Crippen LogP contribution in [0.2, 0.25) is 0 Å². The third-order valence-corrected chi connectivity index (χ3v) is 1.62. The van der Waals surface area contributed by atoms with Gasteiger partial charge in [0.15, 0.2) is 0 Å². The Morgan fingerprint density at radius 1 is 1.44 bits per heavy atom. The van der Waals surface area contributed by atoms with Crippen molar-refractivity contribution >= 4 is 0 Å². The lowest BCUT2D eigenvalue weighted by Crippen LogP contribution is -2.43. The SMILES string of the molecule is OCN1CCCC1(O)O. The first-order valence-electron chi connectivity index (χ1n) is 2.97. The molecule has 0 unspecified atom stereocenters. The Hall–Kier alpha value is -0.160. The summed E-state index contributed by atoms with van der Waals surface area (Å²) in [5, 5.41) is 26.5. The maximum absolute atomic E-state index is 8.98. The molecule has 9 heavy (non-hydrogen) atoms. The fourth-order valence-electron chi connectivity index (χ4n) is 1.03. The van der Waals surface area contributed by atoms with E-state index in [4.69, 9.17) is 15.3 Å². The first-order chi connectivity index (χ1) is 4.17. The topological polar surface area (TPSA) is 63.9 Å². The zero-order chi connectivity index (χ0) is 6.91. The van der Waals surface area contributed by atoms with Gasteiger partial charge in [0.25, 0.3) is 0 Å². The van der Waals surface area contributed by atoms with E-state index >= 15 is 0 Å². The van der Waals surface area contributed by atoms with Crippen molar-refractivity contribution in [3.05, 3.63) is 0 Å². The van der Waals surface area contributed by atoms with Gasteiger partial charge in [-0.3, -0.25) is 0 Å². The summed E-state index contributed by atoms with van der Waals surface area (Å²) in [4.78, 5) is 1.22. The lowest BCUT2D eigenvalue weighted by Gasteiger charge is -2.25. The Morgan fingerprint density at radius 3 is 2.33 bits per heavy atom. The second-order valence-electron chi connectivity index (χ2n) is 2.28. The summed E-state index contributed by atoms with van der Waals surface area (Å²) in [5.74, 6) is -1.76. The lowest BCUT2D eigenvalue weighted by atomic mass is 10.3. The summed E-state index contributed by atoms with van der Waals surface area (Å²) in [7, 11) is 0. The van der Waals surface area contributed by atoms with Gasteiger partial charge in [-0.2, -0.15) is 0 Å². The molecule has 0 spiro atoms. The van der Waals surface area contributed by atoms with Crippen molar-refractivity contribution in [3.8, 4) is 0 Å². The number of hydrogen-bond acceptors (Lipinski definition) is 4. The van der Waals surface area contributed by atoms with Gasteiger partial charge in [0, 0.05) is 13.0 Å². The molecule has 54 valence electrons. The van der Waals surface area contributed by atoms with Crippen molar-refractivity contribution in [2.24, 2.45) is 0 Å². The van der Waals surface area contributed by atoms with Gasteiger partial charge in [0.05, 0.1) is 6.73 Å². The van der Waals surface area contributed by atoms with Gasteiger partial charge < -0.3 is 15.3 Å². The van der Waals surface area contributed by atoms with Gasteiger partial charge in [0.2, 0.25) is 5.91 Å². The monoisotopic (exact) mass is 133 g/mol. The van der Waals surface area contributed by atoms with Crippen molar-refractivity contribution in [2.75, 3.05) is 13.3 Å². The Labute approximate surface area is 53.3 Å². The summed E-state index contributed by atoms with van der Waals surface area (Å²) >= 11 is 0. The summed E-state index contributed by atoms with van der Waals surface area (Å²) < 4.78 is 0. The Balaban J connectivity index is 2.52. The fourth-order valence-corrected chi connectivity index (χ4v) is 1.03. The zero-order valence-electron chi connectivity index (χ0n) is 5.12. The van der Waals surface area contributed by atoms with E-state index in [0.29, 0.717) is 13.0 Å². The van der Waals surface area contributed by atoms with E-state index < -0.39 is 5.91 Å². The molecule has 0 bridgehead atoms. The van der Waals surface area contributed by atoms with Crippen LogP contribution in [-0.2, 0) is 0 Å². The summed E-state index contributed by atoms with van der Waals surface area (Å²) in [6.45, 7) is 0.274. The molecule has 4 nitrogen and oxygen atoms in total. The largest absolute Gasteiger partial charge is 0.381 e. The highest BCUT2D eigenvalue weighted by molar-refractivity contribution is 4.73. The van der Waals surface area contributed by atoms with E-state index in [9.17, 15) is 0 Å². The standard InChI is InChI=1S/C5H11NO3/c7-4-6-3-1-2-5(6,8)9/h7-9H,1-4H2. The minimum Gasteiger partial charge on any atom is -0.381 e. The van der Waals surface area contributed by atoms with Gasteiger partial charge in [0.1, 0.15) is 0 Å². The van der Waals surface area contributed by atoms with Gasteiger partial charge in [-0.05, 0) is 6.42 Å². The molecule has 1 saturated heterocycles. The molecule has 0 saturated carbocycles. The second-order valence-corrected chi connectivity index (χ2v) is 2.28. The molecule has 0 amide bonds. The van der Waals surface area contributed by atoms with Crippen LogP contribution in [0.1, 0.15) is 12.8 Å².